The first-order chi connectivity index (χ1) is 8.22. The largest absolute Gasteiger partial charge is 0.480 e. The Labute approximate surface area is 101 Å². The average Bonchev–Trinajstić information content (AvgIpc) is 3.02. The molecule has 0 bridgehead atoms. The number of carboxylic acid groups (broad SMARTS) is 1. The number of hydrogen-bond donors (Lipinski definition) is 2. The summed E-state index contributed by atoms with van der Waals surface area (Å²) in [7, 11) is 0. The van der Waals surface area contributed by atoms with Crippen LogP contribution in [0, 0.1) is 5.92 Å². The minimum atomic E-state index is -0.742. The maximum Gasteiger partial charge on any atom is 0.320 e. The smallest absolute Gasteiger partial charge is 0.320 e. The first-order valence-corrected chi connectivity index (χ1v) is 6.19. The number of hydrogen-bond acceptors (Lipinski definition) is 3. The van der Waals surface area contributed by atoms with Crippen molar-refractivity contribution in [1.82, 2.24) is 15.1 Å². The molecule has 0 saturated heterocycles. The second kappa shape index (κ2) is 5.31. The standard InChI is InChI=1S/C12H19N3O2/c1-2-7-15-10(5-6-14-15)8-13-11(12(16)17)9-3-4-9/h5-6,9,11,13H,2-4,7-8H2,1H3,(H,16,17). The fourth-order valence-electron chi connectivity index (χ4n) is 2.02. The number of nitrogens with zero attached hydrogens (tertiary/aromatic N) is 2. The van der Waals surface area contributed by atoms with Gasteiger partial charge in [0.15, 0.2) is 0 Å². The summed E-state index contributed by atoms with van der Waals surface area (Å²) in [5.74, 6) is -0.427. The second-order valence-corrected chi connectivity index (χ2v) is 4.58. The van der Waals surface area contributed by atoms with Crippen molar-refractivity contribution in [2.75, 3.05) is 0 Å². The zero-order chi connectivity index (χ0) is 12.3. The van der Waals surface area contributed by atoms with Gasteiger partial charge in [-0.25, -0.2) is 0 Å². The molecule has 0 aliphatic heterocycles. The Kier molecular flexibility index (Phi) is 3.78. The zero-order valence-electron chi connectivity index (χ0n) is 10.1. The van der Waals surface area contributed by atoms with Gasteiger partial charge >= 0.3 is 5.97 Å². The summed E-state index contributed by atoms with van der Waals surface area (Å²) in [5, 5.41) is 16.4. The van der Waals surface area contributed by atoms with Crippen molar-refractivity contribution in [3.05, 3.63) is 18.0 Å². The molecule has 1 atom stereocenters. The topological polar surface area (TPSA) is 67.2 Å². The number of nitrogens with one attached hydrogen (secondary N) is 1. The fraction of sp³-hybridized carbons (Fsp3) is 0.667. The molecular formula is C12H19N3O2. The number of carboxylic acids is 1. The second-order valence-electron chi connectivity index (χ2n) is 4.58. The molecule has 1 fully saturated rings. The van der Waals surface area contributed by atoms with Crippen LogP contribution in [-0.2, 0) is 17.9 Å². The van der Waals surface area contributed by atoms with E-state index in [4.69, 9.17) is 5.11 Å². The lowest BCUT2D eigenvalue weighted by molar-refractivity contribution is -0.140. The van der Waals surface area contributed by atoms with E-state index in [0.29, 0.717) is 12.5 Å². The van der Waals surface area contributed by atoms with E-state index in [0.717, 1.165) is 31.5 Å². The molecule has 17 heavy (non-hydrogen) atoms. The van der Waals surface area contributed by atoms with Gasteiger partial charge in [0.1, 0.15) is 6.04 Å². The average molecular weight is 237 g/mol. The molecule has 5 heteroatoms. The summed E-state index contributed by atoms with van der Waals surface area (Å²) in [4.78, 5) is 11.1. The number of rotatable bonds is 7. The van der Waals surface area contributed by atoms with Crippen molar-refractivity contribution in [3.63, 3.8) is 0 Å². The van der Waals surface area contributed by atoms with Crippen LogP contribution in [0.4, 0.5) is 0 Å². The van der Waals surface area contributed by atoms with Crippen LogP contribution in [0.1, 0.15) is 31.9 Å². The van der Waals surface area contributed by atoms with Gasteiger partial charge in [0.25, 0.3) is 0 Å². The van der Waals surface area contributed by atoms with Crippen LogP contribution in [0.3, 0.4) is 0 Å². The van der Waals surface area contributed by atoms with Gasteiger partial charge in [0.2, 0.25) is 0 Å². The summed E-state index contributed by atoms with van der Waals surface area (Å²) in [5.41, 5.74) is 1.05. The molecule has 0 radical (unpaired) electrons. The van der Waals surface area contributed by atoms with Crippen molar-refractivity contribution in [2.24, 2.45) is 5.92 Å². The normalized spacial score (nSPS) is 17.0. The Morgan fingerprint density at radius 3 is 3.06 bits per heavy atom. The predicted molar refractivity (Wildman–Crippen MR) is 63.5 cm³/mol. The summed E-state index contributed by atoms with van der Waals surface area (Å²) >= 11 is 0. The fourth-order valence-corrected chi connectivity index (χ4v) is 2.02. The van der Waals surface area contributed by atoms with E-state index in [-0.39, 0.29) is 0 Å². The van der Waals surface area contributed by atoms with Crippen LogP contribution in [0.15, 0.2) is 12.3 Å². The monoisotopic (exact) mass is 237 g/mol. The lowest BCUT2D eigenvalue weighted by Gasteiger charge is -2.14. The molecule has 2 rings (SSSR count). The molecule has 94 valence electrons. The molecule has 1 aliphatic rings. The molecule has 0 aromatic carbocycles. The third-order valence-electron chi connectivity index (χ3n) is 3.10. The molecule has 0 spiro atoms. The molecule has 1 unspecified atom stereocenters. The molecule has 1 saturated carbocycles. The van der Waals surface area contributed by atoms with Crippen LogP contribution in [0.25, 0.3) is 0 Å². The van der Waals surface area contributed by atoms with Gasteiger partial charge in [-0.1, -0.05) is 6.92 Å². The quantitative estimate of drug-likeness (QED) is 0.749. The molecule has 5 nitrogen and oxygen atoms in total. The molecule has 1 heterocycles. The minimum absolute atomic E-state index is 0.315. The van der Waals surface area contributed by atoms with E-state index in [1.54, 1.807) is 6.20 Å². The van der Waals surface area contributed by atoms with E-state index < -0.39 is 12.0 Å². The molecular weight excluding hydrogens is 218 g/mol. The van der Waals surface area contributed by atoms with Crippen molar-refractivity contribution in [3.8, 4) is 0 Å². The molecule has 1 aromatic rings. The first kappa shape index (κ1) is 12.1. The van der Waals surface area contributed by atoms with Gasteiger partial charge in [-0.05, 0) is 31.2 Å². The van der Waals surface area contributed by atoms with Crippen LogP contribution in [-0.4, -0.2) is 26.9 Å². The van der Waals surface area contributed by atoms with Crippen molar-refractivity contribution in [2.45, 2.75) is 45.3 Å². The van der Waals surface area contributed by atoms with E-state index in [1.807, 2.05) is 10.7 Å². The van der Waals surface area contributed by atoms with Crippen molar-refractivity contribution >= 4 is 5.97 Å². The van der Waals surface area contributed by atoms with Crippen LogP contribution < -0.4 is 5.32 Å². The Morgan fingerprint density at radius 2 is 2.47 bits per heavy atom. The zero-order valence-corrected chi connectivity index (χ0v) is 10.1. The summed E-state index contributed by atoms with van der Waals surface area (Å²) < 4.78 is 1.93. The first-order valence-electron chi connectivity index (χ1n) is 6.19. The van der Waals surface area contributed by atoms with Crippen molar-refractivity contribution < 1.29 is 9.90 Å². The number of carbonyl (C=O) groups is 1. The van der Waals surface area contributed by atoms with Crippen LogP contribution in [0.5, 0.6) is 0 Å². The van der Waals surface area contributed by atoms with Gasteiger partial charge in [-0.2, -0.15) is 5.10 Å². The third kappa shape index (κ3) is 3.06. The lowest BCUT2D eigenvalue weighted by Crippen LogP contribution is -2.38. The van der Waals surface area contributed by atoms with Crippen LogP contribution >= 0.6 is 0 Å². The van der Waals surface area contributed by atoms with Gasteiger partial charge in [0, 0.05) is 19.3 Å². The molecule has 1 aliphatic carbocycles. The predicted octanol–water partition coefficient (Wildman–Crippen LogP) is 1.25. The number of aliphatic carboxylic acids is 1. The van der Waals surface area contributed by atoms with E-state index in [1.165, 1.54) is 0 Å². The van der Waals surface area contributed by atoms with Gasteiger partial charge < -0.3 is 5.11 Å². The van der Waals surface area contributed by atoms with Gasteiger partial charge in [-0.3, -0.25) is 14.8 Å². The minimum Gasteiger partial charge on any atom is -0.480 e. The molecule has 1 aromatic heterocycles. The molecule has 2 N–H and O–H groups in total. The summed E-state index contributed by atoms with van der Waals surface area (Å²) in [6, 6.07) is 1.54. The maximum absolute atomic E-state index is 11.1. The Hall–Kier alpha value is -1.36. The number of aromatic nitrogens is 2. The van der Waals surface area contributed by atoms with Gasteiger partial charge in [-0.15, -0.1) is 0 Å². The lowest BCUT2D eigenvalue weighted by atomic mass is 10.2. The highest BCUT2D eigenvalue weighted by atomic mass is 16.4. The summed E-state index contributed by atoms with van der Waals surface area (Å²) in [6.45, 7) is 3.56. The highest BCUT2D eigenvalue weighted by Gasteiger charge is 2.35. The third-order valence-corrected chi connectivity index (χ3v) is 3.10. The highest BCUT2D eigenvalue weighted by molar-refractivity contribution is 5.74. The van der Waals surface area contributed by atoms with Gasteiger partial charge in [0.05, 0.1) is 5.69 Å². The highest BCUT2D eigenvalue weighted by Crippen LogP contribution is 2.32. The van der Waals surface area contributed by atoms with Crippen LogP contribution in [0.2, 0.25) is 0 Å². The Balaban J connectivity index is 1.91. The number of aryl methyl sites for hydroxylation is 1. The van der Waals surface area contributed by atoms with E-state index >= 15 is 0 Å². The SMILES string of the molecule is CCCn1nccc1CNC(C(=O)O)C1CC1. The van der Waals surface area contributed by atoms with Crippen molar-refractivity contribution in [1.29, 1.82) is 0 Å². The Morgan fingerprint density at radius 1 is 1.71 bits per heavy atom. The maximum atomic E-state index is 11.1. The summed E-state index contributed by atoms with van der Waals surface area (Å²) in [6.07, 6.45) is 4.84. The van der Waals surface area contributed by atoms with E-state index in [2.05, 4.69) is 17.3 Å². The van der Waals surface area contributed by atoms with E-state index in [9.17, 15) is 4.79 Å². The Bertz CT molecular complexity index is 385. The molecule has 0 amide bonds.